The Bertz CT molecular complexity index is 478. The zero-order valence-electron chi connectivity index (χ0n) is 10.7. The first kappa shape index (κ1) is 12.6. The number of ketones is 1. The van der Waals surface area contributed by atoms with Crippen LogP contribution >= 0.6 is 0 Å². The summed E-state index contributed by atoms with van der Waals surface area (Å²) in [5, 5.41) is 2.59. The van der Waals surface area contributed by atoms with Gasteiger partial charge in [0.2, 0.25) is 0 Å². The third kappa shape index (κ3) is 2.88. The molecule has 0 aliphatic heterocycles. The number of ether oxygens (including phenoxy) is 1. The molecule has 1 aliphatic rings. The van der Waals surface area contributed by atoms with E-state index in [1.165, 1.54) is 7.11 Å². The number of carbonyl (C=O) groups is 2. The molecule has 0 aromatic heterocycles. The van der Waals surface area contributed by atoms with Crippen LogP contribution in [-0.4, -0.2) is 19.0 Å². The summed E-state index contributed by atoms with van der Waals surface area (Å²) < 4.78 is 4.52. The minimum Gasteiger partial charge on any atom is -0.453 e. The quantitative estimate of drug-likeness (QED) is 0.890. The van der Waals surface area contributed by atoms with Crippen LogP contribution in [0, 0.1) is 5.41 Å². The average molecular weight is 247 g/mol. The molecule has 18 heavy (non-hydrogen) atoms. The molecule has 0 radical (unpaired) electrons. The zero-order valence-corrected chi connectivity index (χ0v) is 10.7. The molecule has 1 fully saturated rings. The van der Waals surface area contributed by atoms with Crippen LogP contribution in [0.5, 0.6) is 0 Å². The molecule has 1 amide bonds. The van der Waals surface area contributed by atoms with E-state index in [2.05, 4.69) is 10.1 Å². The van der Waals surface area contributed by atoms with Crippen molar-refractivity contribution in [1.29, 1.82) is 0 Å². The van der Waals surface area contributed by atoms with E-state index in [9.17, 15) is 9.59 Å². The molecule has 4 heteroatoms. The Labute approximate surface area is 106 Å². The fraction of sp³-hybridized carbons (Fsp3) is 0.429. The Morgan fingerprint density at radius 2 is 2.11 bits per heavy atom. The molecule has 4 nitrogen and oxygen atoms in total. The molecule has 96 valence electrons. The lowest BCUT2D eigenvalue weighted by atomic mass is 9.97. The van der Waals surface area contributed by atoms with Crippen molar-refractivity contribution in [3.8, 4) is 0 Å². The Balaban J connectivity index is 2.03. The number of hydrogen-bond donors (Lipinski definition) is 1. The van der Waals surface area contributed by atoms with Gasteiger partial charge in [0.15, 0.2) is 0 Å². The van der Waals surface area contributed by atoms with E-state index in [1.807, 2.05) is 19.1 Å². The lowest BCUT2D eigenvalue weighted by Crippen LogP contribution is -2.15. The van der Waals surface area contributed by atoms with E-state index in [4.69, 9.17) is 0 Å². The molecule has 1 saturated carbocycles. The maximum absolute atomic E-state index is 12.0. The largest absolute Gasteiger partial charge is 0.453 e. The van der Waals surface area contributed by atoms with Crippen LogP contribution in [0.1, 0.15) is 25.3 Å². The van der Waals surface area contributed by atoms with Crippen LogP contribution in [0.25, 0.3) is 0 Å². The van der Waals surface area contributed by atoms with Gasteiger partial charge in [0.25, 0.3) is 0 Å². The fourth-order valence-corrected chi connectivity index (χ4v) is 1.79. The van der Waals surface area contributed by atoms with Crippen molar-refractivity contribution in [2.75, 3.05) is 12.4 Å². The molecule has 0 spiro atoms. The highest BCUT2D eigenvalue weighted by atomic mass is 16.5. The first-order chi connectivity index (χ1) is 8.53. The van der Waals surface area contributed by atoms with Crippen molar-refractivity contribution in [1.82, 2.24) is 0 Å². The Morgan fingerprint density at radius 3 is 2.72 bits per heavy atom. The van der Waals surface area contributed by atoms with E-state index >= 15 is 0 Å². The van der Waals surface area contributed by atoms with Crippen LogP contribution in [-0.2, 0) is 16.0 Å². The summed E-state index contributed by atoms with van der Waals surface area (Å²) in [7, 11) is 1.32. The number of benzene rings is 1. The summed E-state index contributed by atoms with van der Waals surface area (Å²) in [5.74, 6) is 0.276. The number of Topliss-reactive ketones (excluding diaryl/α,β-unsaturated/α-hetero) is 1. The van der Waals surface area contributed by atoms with Crippen LogP contribution < -0.4 is 5.32 Å². The van der Waals surface area contributed by atoms with Gasteiger partial charge in [-0.2, -0.15) is 0 Å². The average Bonchev–Trinajstić information content (AvgIpc) is 3.09. The van der Waals surface area contributed by atoms with E-state index < -0.39 is 6.09 Å². The lowest BCUT2D eigenvalue weighted by Gasteiger charge is -2.09. The van der Waals surface area contributed by atoms with Gasteiger partial charge in [0, 0.05) is 17.5 Å². The summed E-state index contributed by atoms with van der Waals surface area (Å²) >= 11 is 0. The van der Waals surface area contributed by atoms with Gasteiger partial charge in [-0.1, -0.05) is 19.1 Å². The highest BCUT2D eigenvalue weighted by Crippen LogP contribution is 2.46. The third-order valence-electron chi connectivity index (χ3n) is 3.40. The number of anilines is 1. The molecule has 0 unspecified atom stereocenters. The van der Waals surface area contributed by atoms with Crippen LogP contribution in [0.4, 0.5) is 10.5 Å². The van der Waals surface area contributed by atoms with Gasteiger partial charge in [-0.15, -0.1) is 0 Å². The Morgan fingerprint density at radius 1 is 1.39 bits per heavy atom. The molecule has 0 bridgehead atoms. The van der Waals surface area contributed by atoms with Crippen LogP contribution in [0.2, 0.25) is 0 Å². The SMILES string of the molecule is COC(=O)Nc1cccc(CC(=O)C2(C)CC2)c1. The second kappa shape index (κ2) is 4.80. The third-order valence-corrected chi connectivity index (χ3v) is 3.40. The molecule has 0 saturated heterocycles. The molecule has 1 N–H and O–H groups in total. The highest BCUT2D eigenvalue weighted by Gasteiger charge is 2.43. The number of hydrogen-bond acceptors (Lipinski definition) is 3. The maximum Gasteiger partial charge on any atom is 0.411 e. The summed E-state index contributed by atoms with van der Waals surface area (Å²) in [4.78, 5) is 23.1. The topological polar surface area (TPSA) is 55.4 Å². The standard InChI is InChI=1S/C14H17NO3/c1-14(6-7-14)12(16)9-10-4-3-5-11(8-10)15-13(17)18-2/h3-5,8H,6-7,9H2,1-2H3,(H,15,17). The summed E-state index contributed by atoms with van der Waals surface area (Å²) in [6, 6.07) is 7.29. The van der Waals surface area contributed by atoms with Crippen molar-refractivity contribution < 1.29 is 14.3 Å². The van der Waals surface area contributed by atoms with Gasteiger partial charge in [0.05, 0.1) is 7.11 Å². The second-order valence-corrected chi connectivity index (χ2v) is 4.98. The number of carbonyl (C=O) groups excluding carboxylic acids is 2. The summed E-state index contributed by atoms with van der Waals surface area (Å²) in [5.41, 5.74) is 1.46. The number of amides is 1. The second-order valence-electron chi connectivity index (χ2n) is 4.98. The monoisotopic (exact) mass is 247 g/mol. The zero-order chi connectivity index (χ0) is 13.2. The summed E-state index contributed by atoms with van der Waals surface area (Å²) in [6.07, 6.45) is 1.90. The minimum absolute atomic E-state index is 0.105. The molecule has 2 rings (SSSR count). The van der Waals surface area contributed by atoms with Crippen molar-refractivity contribution in [2.45, 2.75) is 26.2 Å². The first-order valence-corrected chi connectivity index (χ1v) is 6.01. The van der Waals surface area contributed by atoms with Gasteiger partial charge < -0.3 is 4.74 Å². The molecule has 1 aliphatic carbocycles. The molecular weight excluding hydrogens is 230 g/mol. The highest BCUT2D eigenvalue weighted by molar-refractivity contribution is 5.89. The van der Waals surface area contributed by atoms with Crippen molar-refractivity contribution in [2.24, 2.45) is 5.41 Å². The van der Waals surface area contributed by atoms with Gasteiger partial charge in [-0.3, -0.25) is 10.1 Å². The first-order valence-electron chi connectivity index (χ1n) is 6.01. The van der Waals surface area contributed by atoms with E-state index in [0.29, 0.717) is 12.1 Å². The number of methoxy groups -OCH3 is 1. The predicted molar refractivity (Wildman–Crippen MR) is 68.5 cm³/mol. The fourth-order valence-electron chi connectivity index (χ4n) is 1.79. The number of nitrogens with one attached hydrogen (secondary N) is 1. The molecule has 1 aromatic rings. The predicted octanol–water partition coefficient (Wildman–Crippen LogP) is 2.78. The van der Waals surface area contributed by atoms with E-state index in [1.54, 1.807) is 12.1 Å². The van der Waals surface area contributed by atoms with Gasteiger partial charge in [0.1, 0.15) is 5.78 Å². The maximum atomic E-state index is 12.0. The van der Waals surface area contributed by atoms with E-state index in [-0.39, 0.29) is 11.2 Å². The minimum atomic E-state index is -0.507. The Hall–Kier alpha value is -1.84. The molecule has 0 atom stereocenters. The van der Waals surface area contributed by atoms with Crippen molar-refractivity contribution >= 4 is 17.6 Å². The molecule has 0 heterocycles. The summed E-state index contributed by atoms with van der Waals surface area (Å²) in [6.45, 7) is 2.01. The molecular formula is C14H17NO3. The molecule has 1 aromatic carbocycles. The normalized spacial score (nSPS) is 15.9. The van der Waals surface area contributed by atoms with E-state index in [0.717, 1.165) is 18.4 Å². The van der Waals surface area contributed by atoms with Crippen molar-refractivity contribution in [3.63, 3.8) is 0 Å². The van der Waals surface area contributed by atoms with Crippen molar-refractivity contribution in [3.05, 3.63) is 29.8 Å². The Kier molecular flexibility index (Phi) is 3.36. The van der Waals surface area contributed by atoms with Crippen LogP contribution in [0.3, 0.4) is 0 Å². The van der Waals surface area contributed by atoms with Crippen LogP contribution in [0.15, 0.2) is 24.3 Å². The smallest absolute Gasteiger partial charge is 0.411 e. The van der Waals surface area contributed by atoms with Gasteiger partial charge in [-0.05, 0) is 30.5 Å². The number of rotatable bonds is 4. The lowest BCUT2D eigenvalue weighted by molar-refractivity contribution is -0.122. The van der Waals surface area contributed by atoms with Gasteiger partial charge >= 0.3 is 6.09 Å². The van der Waals surface area contributed by atoms with Gasteiger partial charge in [-0.25, -0.2) is 4.79 Å².